The summed E-state index contributed by atoms with van der Waals surface area (Å²) in [6, 6.07) is 0. The highest BCUT2D eigenvalue weighted by molar-refractivity contribution is 5.27. The summed E-state index contributed by atoms with van der Waals surface area (Å²) < 4.78 is 91.6. The second-order valence-corrected chi connectivity index (χ2v) is 31.4. The predicted molar refractivity (Wildman–Crippen MR) is 327 cm³/mol. The molecule has 9 aliphatic heterocycles. The van der Waals surface area contributed by atoms with Crippen LogP contribution in [-0.2, 0) is 71.1 Å². The van der Waals surface area contributed by atoms with E-state index in [-0.39, 0.29) is 22.7 Å². The third-order valence-corrected chi connectivity index (χ3v) is 25.3. The number of aliphatic hydroxyl groups excluding tert-OH is 16. The molecule has 12 fully saturated rings. The van der Waals surface area contributed by atoms with Gasteiger partial charge >= 0.3 is 0 Å². The zero-order chi connectivity index (χ0) is 71.1. The Morgan fingerprint density at radius 3 is 1.86 bits per heavy atom. The maximum atomic E-state index is 12.6. The Kier molecular flexibility index (Phi) is 22.0. The number of nitrogens with one attached hydrogen (secondary N) is 1. The number of ether oxygens (including phenoxy) is 15. The molecule has 0 bridgehead atoms. The summed E-state index contributed by atoms with van der Waals surface area (Å²) in [5.74, 6) is -2.40. The highest BCUT2D eigenvalue weighted by Crippen LogP contribution is 2.70. The van der Waals surface area contributed by atoms with Crippen molar-refractivity contribution < 1.29 is 158 Å². The quantitative estimate of drug-likeness (QED) is 0.0538. The fourth-order valence-corrected chi connectivity index (χ4v) is 19.2. The van der Waals surface area contributed by atoms with Gasteiger partial charge in [-0.1, -0.05) is 39.3 Å². The van der Waals surface area contributed by atoms with Gasteiger partial charge in [-0.2, -0.15) is 0 Å². The van der Waals surface area contributed by atoms with Crippen LogP contribution in [0.3, 0.4) is 0 Å². The molecular weight excluding hydrogens is 1320 g/mol. The van der Waals surface area contributed by atoms with Crippen molar-refractivity contribution in [1.82, 2.24) is 5.32 Å². The zero-order valence-corrected chi connectivity index (χ0v) is 56.8. The van der Waals surface area contributed by atoms with Gasteiger partial charge < -0.3 is 158 Å². The molecule has 4 aliphatic carbocycles. The molecule has 0 radical (unpaired) electrons. The van der Waals surface area contributed by atoms with E-state index in [1.807, 2.05) is 0 Å². The Balaban J connectivity index is 0.721. The first kappa shape index (κ1) is 75.6. The standard InChI is InChI=1S/C66H107NO32/c1-24-10-15-65(67-19-24)25(2)39-36(96-65)17-33-31-9-8-29-16-30(11-13-62(29,6)32(31)12-14-63(33,39)7)91-61-53(95-58-51(82)54(83)66(84,28(5)90-58)99-60-49(80)45(76)41(72)27(4)89-60)43(74)38(22-86-61)93-55-34(69)18-64(23-87-55,98-59-48(79)44(75)40(71)26(3)88-59)97-56-50(81)52(35(70)21-85-56)94-57-47(78)46(77)42(73)37(20-68)92-57/h8,24-28,30-61,67-84H,9-23H2,1-7H3. The van der Waals surface area contributed by atoms with Crippen LogP contribution >= 0.6 is 0 Å². The molecule has 9 heterocycles. The molecule has 568 valence electrons. The van der Waals surface area contributed by atoms with Crippen LogP contribution in [0.15, 0.2) is 11.6 Å². The van der Waals surface area contributed by atoms with E-state index in [0.717, 1.165) is 51.5 Å². The fourth-order valence-electron chi connectivity index (χ4n) is 19.2. The Labute approximate surface area is 572 Å². The maximum Gasteiger partial charge on any atom is 0.224 e. The first-order valence-electron chi connectivity index (χ1n) is 35.5. The van der Waals surface area contributed by atoms with Gasteiger partial charge in [-0.25, -0.2) is 0 Å². The van der Waals surface area contributed by atoms with Crippen molar-refractivity contribution in [3.63, 3.8) is 0 Å². The molecule has 1 spiro atoms. The van der Waals surface area contributed by atoms with Crippen LogP contribution in [0.2, 0.25) is 0 Å². The predicted octanol–water partition coefficient (Wildman–Crippen LogP) is -5.27. The number of hydrogen-bond acceptors (Lipinski definition) is 33. The van der Waals surface area contributed by atoms with Gasteiger partial charge in [-0.05, 0) is 119 Å². The molecule has 99 heavy (non-hydrogen) atoms. The summed E-state index contributed by atoms with van der Waals surface area (Å²) in [6.45, 7) is 11.8. The normalized spacial score (nSPS) is 57.9. The minimum absolute atomic E-state index is 0.138. The zero-order valence-electron chi connectivity index (χ0n) is 56.8. The molecule has 3 saturated carbocycles. The van der Waals surface area contributed by atoms with Crippen molar-refractivity contribution in [2.45, 2.75) is 320 Å². The van der Waals surface area contributed by atoms with Crippen LogP contribution in [0.5, 0.6) is 0 Å². The summed E-state index contributed by atoms with van der Waals surface area (Å²) in [4.78, 5) is 0. The minimum atomic E-state index is -2.87. The van der Waals surface area contributed by atoms with Crippen LogP contribution in [0.4, 0.5) is 0 Å². The Hall–Kier alpha value is -1.58. The molecule has 0 aromatic heterocycles. The van der Waals surface area contributed by atoms with Gasteiger partial charge in [-0.15, -0.1) is 0 Å². The number of piperidine rings is 1. The minimum Gasteiger partial charge on any atom is -0.394 e. The van der Waals surface area contributed by atoms with E-state index < -0.39 is 229 Å². The van der Waals surface area contributed by atoms with E-state index in [1.165, 1.54) is 26.3 Å². The van der Waals surface area contributed by atoms with Crippen molar-refractivity contribution >= 4 is 0 Å². The lowest BCUT2D eigenvalue weighted by molar-refractivity contribution is -0.447. The van der Waals surface area contributed by atoms with Crippen molar-refractivity contribution in [3.8, 4) is 0 Å². The molecule has 0 aromatic carbocycles. The van der Waals surface area contributed by atoms with Crippen LogP contribution in [-0.4, -0.2) is 328 Å². The Morgan fingerprint density at radius 1 is 0.556 bits per heavy atom. The smallest absolute Gasteiger partial charge is 0.224 e. The van der Waals surface area contributed by atoms with E-state index in [9.17, 15) is 86.8 Å². The second-order valence-electron chi connectivity index (χ2n) is 31.4. The average molecular weight is 1430 g/mol. The number of fused-ring (bicyclic) bond motifs is 7. The van der Waals surface area contributed by atoms with Gasteiger partial charge in [0.2, 0.25) is 11.6 Å². The maximum absolute atomic E-state index is 12.6. The van der Waals surface area contributed by atoms with Gasteiger partial charge in [0.25, 0.3) is 0 Å². The SMILES string of the molecule is CC1CCC2(NC1)OC1CC3C4CC=C5CC(OC6OCC(OC7OCC(OC8OC(C)C(O)C(O)C8O)(OC8OCC(O)C(OC9OC(CO)C(O)C(O)C9O)C8O)CC7O)C(O)C6OC6OC(C)C(O)(OC7OC(C)C(O)C(O)C7O)C(O)C6O)CCC5(C)C4CCC3(C)C1C2C. The number of aliphatic hydroxyl groups is 17. The largest absolute Gasteiger partial charge is 0.394 e. The summed E-state index contributed by atoms with van der Waals surface area (Å²) in [5.41, 5.74) is 0.989. The summed E-state index contributed by atoms with van der Waals surface area (Å²) >= 11 is 0. The average Bonchev–Trinajstić information content (AvgIpc) is 1.57. The Morgan fingerprint density at radius 2 is 1.19 bits per heavy atom. The molecule has 9 saturated heterocycles. The lowest BCUT2D eigenvalue weighted by atomic mass is 9.47. The van der Waals surface area contributed by atoms with Gasteiger partial charge in [0.15, 0.2) is 44.0 Å². The van der Waals surface area contributed by atoms with Crippen molar-refractivity contribution in [2.75, 3.05) is 33.0 Å². The topological polar surface area (TPSA) is 494 Å². The third kappa shape index (κ3) is 13.5. The number of rotatable bonds is 15. The molecule has 0 amide bonds. The van der Waals surface area contributed by atoms with Crippen LogP contribution in [0, 0.1) is 46.3 Å². The lowest BCUT2D eigenvalue weighted by Gasteiger charge is -2.59. The van der Waals surface area contributed by atoms with Gasteiger partial charge in [-0.3, -0.25) is 5.32 Å². The molecular formula is C66H107NO32. The van der Waals surface area contributed by atoms with Crippen molar-refractivity contribution in [3.05, 3.63) is 11.6 Å². The summed E-state index contributed by atoms with van der Waals surface area (Å²) in [7, 11) is 0. The molecule has 42 atom stereocenters. The van der Waals surface area contributed by atoms with Crippen LogP contribution in [0.1, 0.15) is 113 Å². The van der Waals surface area contributed by atoms with E-state index in [4.69, 9.17) is 71.1 Å². The number of hydrogen-bond donors (Lipinski definition) is 18. The molecule has 0 aromatic rings. The Bertz CT molecular complexity index is 2780. The summed E-state index contributed by atoms with van der Waals surface area (Å²) in [5, 5.41) is 192. The summed E-state index contributed by atoms with van der Waals surface area (Å²) in [6.07, 6.45) is -41.6. The molecule has 42 unspecified atom stereocenters. The van der Waals surface area contributed by atoms with Crippen LogP contribution < -0.4 is 5.32 Å². The van der Waals surface area contributed by atoms with E-state index in [0.29, 0.717) is 48.3 Å². The van der Waals surface area contributed by atoms with Gasteiger partial charge in [0, 0.05) is 18.9 Å². The highest BCUT2D eigenvalue weighted by Gasteiger charge is 2.69. The second kappa shape index (κ2) is 28.9. The molecule has 13 rings (SSSR count). The fraction of sp³-hybridized carbons (Fsp3) is 0.970. The highest BCUT2D eigenvalue weighted by atomic mass is 16.9. The number of allylic oxidation sites excluding steroid dienone is 1. The molecule has 18 N–H and O–H groups in total. The van der Waals surface area contributed by atoms with E-state index >= 15 is 0 Å². The van der Waals surface area contributed by atoms with Crippen molar-refractivity contribution in [1.29, 1.82) is 0 Å². The lowest BCUT2D eigenvalue weighted by Crippen LogP contribution is -2.70. The molecule has 13 aliphatic rings. The van der Waals surface area contributed by atoms with Crippen LogP contribution in [0.25, 0.3) is 0 Å². The van der Waals surface area contributed by atoms with Gasteiger partial charge in [0.1, 0.15) is 134 Å². The van der Waals surface area contributed by atoms with E-state index in [1.54, 1.807) is 0 Å². The van der Waals surface area contributed by atoms with Crippen molar-refractivity contribution in [2.24, 2.45) is 46.3 Å². The van der Waals surface area contributed by atoms with E-state index in [2.05, 4.69) is 39.1 Å². The molecule has 33 nitrogen and oxygen atoms in total. The third-order valence-electron chi connectivity index (χ3n) is 25.3. The first-order chi connectivity index (χ1) is 46.7. The first-order valence-corrected chi connectivity index (χ1v) is 35.5. The monoisotopic (exact) mass is 1430 g/mol. The molecule has 33 heteroatoms. The van der Waals surface area contributed by atoms with Gasteiger partial charge in [0.05, 0.1) is 44.2 Å².